The molecule has 3 aliphatic heterocycles. The predicted molar refractivity (Wildman–Crippen MR) is 145 cm³/mol. The Labute approximate surface area is 224 Å². The summed E-state index contributed by atoms with van der Waals surface area (Å²) in [4.78, 5) is 46.5. The number of rotatable bonds is 12. The highest BCUT2D eigenvalue weighted by Crippen LogP contribution is 2.63. The van der Waals surface area contributed by atoms with Crippen LogP contribution in [0, 0.1) is 11.8 Å². The number of benzene rings is 1. The third-order valence-corrected chi connectivity index (χ3v) is 8.32. The molecule has 1 aromatic rings. The Morgan fingerprint density at radius 2 is 1.82 bits per heavy atom. The van der Waals surface area contributed by atoms with Gasteiger partial charge in [-0.1, -0.05) is 18.7 Å². The number of carbonyl (C=O) groups is 3. The highest BCUT2D eigenvalue weighted by Gasteiger charge is 2.78. The van der Waals surface area contributed by atoms with Crippen molar-refractivity contribution in [2.24, 2.45) is 11.8 Å². The minimum atomic E-state index is -1.18. The van der Waals surface area contributed by atoms with Crippen molar-refractivity contribution in [3.63, 3.8) is 0 Å². The van der Waals surface area contributed by atoms with Crippen LogP contribution < -0.4 is 9.80 Å². The lowest BCUT2D eigenvalue weighted by Crippen LogP contribution is -2.56. The number of ether oxygens (including phenoxy) is 2. The monoisotopic (exact) mass is 525 g/mol. The molecule has 1 spiro atoms. The second kappa shape index (κ2) is 10.9. The first-order valence-electron chi connectivity index (χ1n) is 13.4. The number of anilines is 2. The van der Waals surface area contributed by atoms with Crippen LogP contribution in [0.4, 0.5) is 11.4 Å². The molecule has 3 saturated heterocycles. The van der Waals surface area contributed by atoms with Crippen LogP contribution in [0.5, 0.6) is 0 Å². The summed E-state index contributed by atoms with van der Waals surface area (Å²) in [7, 11) is 0. The maximum Gasteiger partial charge on any atom is 0.313 e. The Morgan fingerprint density at radius 1 is 1.16 bits per heavy atom. The second-order valence-electron chi connectivity index (χ2n) is 10.3. The molecule has 1 N–H and O–H groups in total. The molecule has 9 heteroatoms. The summed E-state index contributed by atoms with van der Waals surface area (Å²) in [6.45, 7) is 15.1. The minimum absolute atomic E-state index is 0.0264. The van der Waals surface area contributed by atoms with Crippen LogP contribution in [-0.4, -0.2) is 84.4 Å². The summed E-state index contributed by atoms with van der Waals surface area (Å²) in [6, 6.07) is 6.74. The van der Waals surface area contributed by atoms with Crippen LogP contribution in [0.25, 0.3) is 0 Å². The maximum absolute atomic E-state index is 14.4. The summed E-state index contributed by atoms with van der Waals surface area (Å²) >= 11 is 0. The highest BCUT2D eigenvalue weighted by molar-refractivity contribution is 6.05. The van der Waals surface area contributed by atoms with Gasteiger partial charge in [-0.15, -0.1) is 6.58 Å². The van der Waals surface area contributed by atoms with Crippen molar-refractivity contribution in [2.75, 3.05) is 49.2 Å². The predicted octanol–water partition coefficient (Wildman–Crippen LogP) is 2.54. The zero-order valence-electron chi connectivity index (χ0n) is 22.6. The van der Waals surface area contributed by atoms with Gasteiger partial charge in [-0.05, 0) is 57.9 Å². The molecule has 0 aromatic heterocycles. The van der Waals surface area contributed by atoms with Gasteiger partial charge in [-0.2, -0.15) is 0 Å². The van der Waals surface area contributed by atoms with Crippen LogP contribution in [-0.2, 0) is 23.9 Å². The first kappa shape index (κ1) is 27.9. The largest absolute Gasteiger partial charge is 0.461 e. The van der Waals surface area contributed by atoms with E-state index in [4.69, 9.17) is 9.47 Å². The fourth-order valence-electron chi connectivity index (χ4n) is 6.67. The van der Waals surface area contributed by atoms with Crippen LogP contribution in [0.1, 0.15) is 33.6 Å². The van der Waals surface area contributed by atoms with Crippen LogP contribution >= 0.6 is 0 Å². The number of fused-ring (bicyclic) bond motifs is 1. The molecule has 38 heavy (non-hydrogen) atoms. The minimum Gasteiger partial charge on any atom is -0.461 e. The summed E-state index contributed by atoms with van der Waals surface area (Å²) in [6.07, 6.45) is 4.08. The Kier molecular flexibility index (Phi) is 7.99. The molecule has 2 amide bonds. The van der Waals surface area contributed by atoms with Crippen molar-refractivity contribution in [1.29, 1.82) is 0 Å². The first-order valence-corrected chi connectivity index (χ1v) is 13.4. The number of likely N-dealkylation sites (tertiary alicyclic amines) is 1. The molecule has 5 atom stereocenters. The molecular weight excluding hydrogens is 486 g/mol. The number of hydrogen-bond acceptors (Lipinski definition) is 7. The number of carbonyl (C=O) groups excluding carboxylic acids is 3. The molecule has 3 heterocycles. The van der Waals surface area contributed by atoms with E-state index in [1.165, 1.54) is 11.0 Å². The van der Waals surface area contributed by atoms with Crippen molar-refractivity contribution in [3.8, 4) is 0 Å². The van der Waals surface area contributed by atoms with Crippen molar-refractivity contribution in [3.05, 3.63) is 49.6 Å². The lowest BCUT2D eigenvalue weighted by Gasteiger charge is -2.36. The molecule has 2 bridgehead atoms. The number of hydrogen-bond donors (Lipinski definition) is 1. The summed E-state index contributed by atoms with van der Waals surface area (Å²) in [5.74, 6) is -2.93. The van der Waals surface area contributed by atoms with Crippen LogP contribution in [0.15, 0.2) is 49.6 Å². The van der Waals surface area contributed by atoms with Gasteiger partial charge in [-0.3, -0.25) is 14.4 Å². The third kappa shape index (κ3) is 4.31. The molecule has 0 radical (unpaired) electrons. The number of aliphatic hydroxyl groups excluding tert-OH is 1. The summed E-state index contributed by atoms with van der Waals surface area (Å²) in [5.41, 5.74) is -0.385. The number of nitrogens with zero attached hydrogens (tertiary/aromatic N) is 3. The van der Waals surface area contributed by atoms with Gasteiger partial charge in [0.1, 0.15) is 24.2 Å². The standard InChI is InChI=1S/C29H39N3O6/c1-6-16-31(21-12-10-20(11-13-21)30(8-3)9-4)26(35)24-29-15-14-28(5,38-29)23(27(36)37-19-7-2)22(29)25(34)32(24)17-18-33/h6-7,10-13,22-24,33H,1-2,8-9,14-19H2,3-5H3/t22-,23+,24?,28-,29?/m0/s1. The SMILES string of the molecule is C=CCOC(=O)[C@H]1[C@H]2C(=O)N(CCO)C(C(=O)N(CC=C)c3ccc(N(CC)CC)cc3)C23CC[C@]1(C)O3. The van der Waals surface area contributed by atoms with Crippen molar-refractivity contribution >= 4 is 29.2 Å². The van der Waals surface area contributed by atoms with E-state index in [9.17, 15) is 19.5 Å². The molecule has 0 aliphatic carbocycles. The quantitative estimate of drug-likeness (QED) is 0.331. The maximum atomic E-state index is 14.4. The lowest BCUT2D eigenvalue weighted by atomic mass is 9.66. The molecule has 0 saturated carbocycles. The smallest absolute Gasteiger partial charge is 0.313 e. The van der Waals surface area contributed by atoms with E-state index in [2.05, 4.69) is 31.9 Å². The Bertz CT molecular complexity index is 1090. The van der Waals surface area contributed by atoms with E-state index in [-0.39, 0.29) is 38.1 Å². The van der Waals surface area contributed by atoms with Crippen molar-refractivity contribution in [2.45, 2.75) is 50.9 Å². The van der Waals surface area contributed by atoms with Crippen LogP contribution in [0.3, 0.4) is 0 Å². The summed E-state index contributed by atoms with van der Waals surface area (Å²) in [5, 5.41) is 9.82. The second-order valence-corrected chi connectivity index (χ2v) is 10.3. The van der Waals surface area contributed by atoms with Gasteiger partial charge in [0.25, 0.3) is 5.91 Å². The molecule has 206 valence electrons. The van der Waals surface area contributed by atoms with Gasteiger partial charge in [-0.25, -0.2) is 0 Å². The average Bonchev–Trinajstić information content (AvgIpc) is 3.48. The van der Waals surface area contributed by atoms with Crippen LogP contribution in [0.2, 0.25) is 0 Å². The molecule has 4 rings (SSSR count). The molecule has 2 unspecified atom stereocenters. The first-order chi connectivity index (χ1) is 18.2. The molecule has 1 aromatic carbocycles. The van der Waals surface area contributed by atoms with Gasteiger partial charge in [0, 0.05) is 37.6 Å². The van der Waals surface area contributed by atoms with E-state index in [1.807, 2.05) is 31.2 Å². The number of esters is 1. The third-order valence-electron chi connectivity index (χ3n) is 8.32. The lowest BCUT2D eigenvalue weighted by molar-refractivity contribution is -0.158. The molecule has 3 aliphatic rings. The Hall–Kier alpha value is -3.17. The topological polar surface area (TPSA) is 99.6 Å². The number of aliphatic hydroxyl groups is 1. The molecule has 9 nitrogen and oxygen atoms in total. The average molecular weight is 526 g/mol. The normalized spacial score (nSPS) is 29.2. The zero-order chi connectivity index (χ0) is 27.7. The fraction of sp³-hybridized carbons (Fsp3) is 0.552. The van der Waals surface area contributed by atoms with E-state index in [0.29, 0.717) is 18.5 Å². The van der Waals surface area contributed by atoms with Crippen molar-refractivity contribution < 1.29 is 29.0 Å². The zero-order valence-corrected chi connectivity index (χ0v) is 22.6. The van der Waals surface area contributed by atoms with Crippen molar-refractivity contribution in [1.82, 2.24) is 4.90 Å². The Morgan fingerprint density at radius 3 is 2.39 bits per heavy atom. The fourth-order valence-corrected chi connectivity index (χ4v) is 6.67. The van der Waals surface area contributed by atoms with Gasteiger partial charge in [0.2, 0.25) is 5.91 Å². The van der Waals surface area contributed by atoms with E-state index in [1.54, 1.807) is 11.0 Å². The van der Waals surface area contributed by atoms with E-state index in [0.717, 1.165) is 18.8 Å². The number of β-amino-alcohol motifs (C(OH)–C–C–N with tert-alkyl or cyclic N) is 1. The van der Waals surface area contributed by atoms with E-state index < -0.39 is 35.0 Å². The highest BCUT2D eigenvalue weighted by atomic mass is 16.6. The van der Waals surface area contributed by atoms with E-state index >= 15 is 0 Å². The molecule has 3 fully saturated rings. The van der Waals surface area contributed by atoms with Gasteiger partial charge in [0.15, 0.2) is 0 Å². The molecular formula is C29H39N3O6. The van der Waals surface area contributed by atoms with Gasteiger partial charge in [0.05, 0.1) is 18.1 Å². The van der Waals surface area contributed by atoms with Gasteiger partial charge < -0.3 is 29.3 Å². The summed E-state index contributed by atoms with van der Waals surface area (Å²) < 4.78 is 11.9. The number of amides is 2. The Balaban J connectivity index is 1.73. The van der Waals surface area contributed by atoms with Gasteiger partial charge >= 0.3 is 5.97 Å².